The van der Waals surface area contributed by atoms with Gasteiger partial charge in [-0.1, -0.05) is 0 Å². The fourth-order valence-corrected chi connectivity index (χ4v) is 1.98. The number of methoxy groups -OCH3 is 1. The monoisotopic (exact) mass is 324 g/mol. The number of carbonyl (C=O) groups excluding carboxylic acids is 1. The molecule has 0 aliphatic rings. The molecule has 1 aromatic carbocycles. The first-order chi connectivity index (χ1) is 6.69. The Hall–Kier alpha value is -0.290. The van der Waals surface area contributed by atoms with E-state index >= 15 is 0 Å². The van der Waals surface area contributed by atoms with Gasteiger partial charge in [-0.25, -0.2) is 0 Å². The van der Waals surface area contributed by atoms with Crippen LogP contribution in [0.4, 0.5) is 0 Å². The van der Waals surface area contributed by atoms with Crippen LogP contribution in [0, 0.1) is 3.57 Å². The third-order valence-electron chi connectivity index (χ3n) is 1.80. The van der Waals surface area contributed by atoms with Gasteiger partial charge in [-0.05, 0) is 40.8 Å². The molecule has 0 fully saturated rings. The predicted molar refractivity (Wildman–Crippen MR) is 65.4 cm³/mol. The average molecular weight is 325 g/mol. The summed E-state index contributed by atoms with van der Waals surface area (Å²) < 4.78 is 6.03. The van der Waals surface area contributed by atoms with Crippen molar-refractivity contribution in [2.45, 2.75) is 6.42 Å². The van der Waals surface area contributed by atoms with Gasteiger partial charge in [0.25, 0.3) is 0 Å². The number of alkyl halides is 1. The van der Waals surface area contributed by atoms with Crippen molar-refractivity contribution >= 4 is 40.0 Å². The first kappa shape index (κ1) is 11.8. The van der Waals surface area contributed by atoms with E-state index in [9.17, 15) is 4.79 Å². The molecule has 0 heterocycles. The highest BCUT2D eigenvalue weighted by molar-refractivity contribution is 14.1. The van der Waals surface area contributed by atoms with Gasteiger partial charge in [0.15, 0.2) is 5.78 Å². The Balaban J connectivity index is 2.91. The van der Waals surface area contributed by atoms with Crippen LogP contribution in [0.3, 0.4) is 0 Å². The Morgan fingerprint density at radius 1 is 1.57 bits per heavy atom. The lowest BCUT2D eigenvalue weighted by molar-refractivity contribution is 0.0989. The van der Waals surface area contributed by atoms with Gasteiger partial charge in [-0.2, -0.15) is 0 Å². The smallest absolute Gasteiger partial charge is 0.164 e. The number of rotatable bonds is 4. The first-order valence-corrected chi connectivity index (χ1v) is 5.73. The van der Waals surface area contributed by atoms with Crippen LogP contribution in [0.1, 0.15) is 16.8 Å². The van der Waals surface area contributed by atoms with Crippen molar-refractivity contribution in [2.75, 3.05) is 13.0 Å². The molecule has 0 unspecified atom stereocenters. The molecule has 0 radical (unpaired) electrons. The maximum Gasteiger partial charge on any atom is 0.164 e. The highest BCUT2D eigenvalue weighted by Gasteiger charge is 2.07. The van der Waals surface area contributed by atoms with Crippen LogP contribution in [-0.4, -0.2) is 18.8 Å². The zero-order chi connectivity index (χ0) is 10.6. The number of ketones is 1. The van der Waals surface area contributed by atoms with Crippen LogP contribution in [0.25, 0.3) is 0 Å². The molecule has 0 spiro atoms. The van der Waals surface area contributed by atoms with Crippen LogP contribution in [0.15, 0.2) is 18.2 Å². The maximum absolute atomic E-state index is 11.5. The second-order valence-electron chi connectivity index (χ2n) is 2.71. The normalized spacial score (nSPS) is 9.93. The van der Waals surface area contributed by atoms with E-state index in [1.54, 1.807) is 19.2 Å². The van der Waals surface area contributed by atoms with E-state index in [2.05, 4.69) is 22.6 Å². The summed E-state index contributed by atoms with van der Waals surface area (Å²) in [5.74, 6) is 1.22. The molecule has 14 heavy (non-hydrogen) atoms. The van der Waals surface area contributed by atoms with Crippen molar-refractivity contribution in [1.29, 1.82) is 0 Å². The zero-order valence-electron chi connectivity index (χ0n) is 7.72. The molecule has 0 amide bonds. The van der Waals surface area contributed by atoms with Crippen molar-refractivity contribution in [3.63, 3.8) is 0 Å². The molecule has 0 bridgehead atoms. The molecule has 0 aliphatic carbocycles. The number of hydrogen-bond acceptors (Lipinski definition) is 2. The molecular formula is C10H10ClIO2. The minimum atomic E-state index is 0.0700. The van der Waals surface area contributed by atoms with E-state index in [0.717, 1.165) is 9.32 Å². The van der Waals surface area contributed by atoms with Crippen LogP contribution in [-0.2, 0) is 0 Å². The topological polar surface area (TPSA) is 26.3 Å². The maximum atomic E-state index is 11.5. The second kappa shape index (κ2) is 5.56. The van der Waals surface area contributed by atoms with Gasteiger partial charge in [-0.3, -0.25) is 4.79 Å². The second-order valence-corrected chi connectivity index (χ2v) is 4.25. The van der Waals surface area contributed by atoms with Crippen molar-refractivity contribution < 1.29 is 9.53 Å². The Labute approximate surface area is 102 Å². The van der Waals surface area contributed by atoms with Gasteiger partial charge in [0.2, 0.25) is 0 Å². The average Bonchev–Trinajstić information content (AvgIpc) is 2.18. The van der Waals surface area contributed by atoms with Gasteiger partial charge in [0, 0.05) is 17.9 Å². The van der Waals surface area contributed by atoms with Crippen LogP contribution < -0.4 is 4.74 Å². The summed E-state index contributed by atoms with van der Waals surface area (Å²) in [7, 11) is 1.61. The van der Waals surface area contributed by atoms with Crippen LogP contribution in [0.2, 0.25) is 0 Å². The summed E-state index contributed by atoms with van der Waals surface area (Å²) in [6.45, 7) is 0. The molecule has 0 N–H and O–H groups in total. The zero-order valence-corrected chi connectivity index (χ0v) is 10.6. The van der Waals surface area contributed by atoms with Gasteiger partial charge < -0.3 is 4.74 Å². The number of Topliss-reactive ketones (excluding diaryl/α,β-unsaturated/α-hetero) is 1. The summed E-state index contributed by atoms with van der Waals surface area (Å²) in [5, 5.41) is 0. The van der Waals surface area contributed by atoms with Gasteiger partial charge in [-0.15, -0.1) is 11.6 Å². The van der Waals surface area contributed by atoms with E-state index in [4.69, 9.17) is 16.3 Å². The van der Waals surface area contributed by atoms with Gasteiger partial charge in [0.1, 0.15) is 5.75 Å². The minimum Gasteiger partial charge on any atom is -0.496 e. The lowest BCUT2D eigenvalue weighted by atomic mass is 10.1. The highest BCUT2D eigenvalue weighted by Crippen LogP contribution is 2.22. The van der Waals surface area contributed by atoms with Crippen LogP contribution >= 0.6 is 34.2 Å². The summed E-state index contributed by atoms with van der Waals surface area (Å²) >= 11 is 7.63. The highest BCUT2D eigenvalue weighted by atomic mass is 127. The van der Waals surface area contributed by atoms with Gasteiger partial charge in [0.05, 0.1) is 10.7 Å². The van der Waals surface area contributed by atoms with E-state index < -0.39 is 0 Å². The Morgan fingerprint density at radius 2 is 2.29 bits per heavy atom. The van der Waals surface area contributed by atoms with E-state index in [1.807, 2.05) is 6.07 Å². The Bertz CT molecular complexity index is 339. The number of ether oxygens (including phenoxy) is 1. The van der Waals surface area contributed by atoms with Gasteiger partial charge >= 0.3 is 0 Å². The quantitative estimate of drug-likeness (QED) is 0.483. The molecule has 0 saturated heterocycles. The molecular weight excluding hydrogens is 314 g/mol. The molecule has 0 saturated carbocycles. The Morgan fingerprint density at radius 3 is 2.79 bits per heavy atom. The summed E-state index contributed by atoms with van der Waals surface area (Å²) in [4.78, 5) is 11.5. The third kappa shape index (κ3) is 2.85. The third-order valence-corrected chi connectivity index (χ3v) is 2.83. The van der Waals surface area contributed by atoms with E-state index in [1.165, 1.54) is 0 Å². The standard InChI is InChI=1S/C10H10ClIO2/c1-14-10-3-2-7(6-8(10)12)9(13)4-5-11/h2-3,6H,4-5H2,1H3. The van der Waals surface area contributed by atoms with Crippen molar-refractivity contribution in [3.05, 3.63) is 27.3 Å². The SMILES string of the molecule is COc1ccc(C(=O)CCCl)cc1I. The summed E-state index contributed by atoms with van der Waals surface area (Å²) in [6, 6.07) is 5.37. The molecule has 1 rings (SSSR count). The summed E-state index contributed by atoms with van der Waals surface area (Å²) in [6.07, 6.45) is 0.379. The van der Waals surface area contributed by atoms with Crippen molar-refractivity contribution in [2.24, 2.45) is 0 Å². The van der Waals surface area contributed by atoms with E-state index in [0.29, 0.717) is 17.9 Å². The number of hydrogen-bond donors (Lipinski definition) is 0. The van der Waals surface area contributed by atoms with Crippen LogP contribution in [0.5, 0.6) is 5.75 Å². The molecule has 4 heteroatoms. The molecule has 76 valence electrons. The molecule has 0 aliphatic heterocycles. The summed E-state index contributed by atoms with van der Waals surface area (Å²) in [5.41, 5.74) is 0.691. The molecule has 0 aromatic heterocycles. The minimum absolute atomic E-state index is 0.0700. The Kier molecular flexibility index (Phi) is 4.68. The van der Waals surface area contributed by atoms with E-state index in [-0.39, 0.29) is 5.78 Å². The molecule has 1 aromatic rings. The fraction of sp³-hybridized carbons (Fsp3) is 0.300. The van der Waals surface area contributed by atoms with Crippen molar-refractivity contribution in [3.8, 4) is 5.75 Å². The van der Waals surface area contributed by atoms with Crippen molar-refractivity contribution in [1.82, 2.24) is 0 Å². The fourth-order valence-electron chi connectivity index (χ4n) is 1.07. The molecule has 2 nitrogen and oxygen atoms in total. The number of halogens is 2. The lowest BCUT2D eigenvalue weighted by Crippen LogP contribution is -2.00. The largest absolute Gasteiger partial charge is 0.496 e. The first-order valence-electron chi connectivity index (χ1n) is 4.11. The lowest BCUT2D eigenvalue weighted by Gasteiger charge is -2.04. The number of carbonyl (C=O) groups is 1. The molecule has 0 atom stereocenters. The predicted octanol–water partition coefficient (Wildman–Crippen LogP) is 3.11. The number of benzene rings is 1.